The maximum absolute atomic E-state index is 13.4. The first-order valence-electron chi connectivity index (χ1n) is 9.31. The van der Waals surface area contributed by atoms with Gasteiger partial charge in [0.1, 0.15) is 11.8 Å². The molecular weight excluding hydrogens is 342 g/mol. The third kappa shape index (κ3) is 2.33. The van der Waals surface area contributed by atoms with Gasteiger partial charge in [0.05, 0.1) is 24.8 Å². The van der Waals surface area contributed by atoms with Crippen LogP contribution in [-0.4, -0.2) is 48.1 Å². The molecule has 0 radical (unpaired) electrons. The summed E-state index contributed by atoms with van der Waals surface area (Å²) >= 11 is 0. The number of hydrogen-bond donors (Lipinski definition) is 0. The van der Waals surface area contributed by atoms with Gasteiger partial charge in [-0.25, -0.2) is 14.9 Å². The molecule has 2 aromatic carbocycles. The van der Waals surface area contributed by atoms with Gasteiger partial charge in [0.2, 0.25) is 5.91 Å². The Bertz CT molecular complexity index is 883. The zero-order valence-corrected chi connectivity index (χ0v) is 15.1. The highest BCUT2D eigenvalue weighted by Crippen LogP contribution is 2.48. The third-order valence-corrected chi connectivity index (χ3v) is 5.88. The van der Waals surface area contributed by atoms with E-state index < -0.39 is 6.04 Å². The van der Waals surface area contributed by atoms with Crippen molar-refractivity contribution in [3.8, 4) is 5.75 Å². The van der Waals surface area contributed by atoms with Crippen LogP contribution in [0, 0.1) is 5.92 Å². The average Bonchev–Trinajstić information content (AvgIpc) is 3.35. The monoisotopic (exact) mass is 363 g/mol. The van der Waals surface area contributed by atoms with Gasteiger partial charge in [0, 0.05) is 13.1 Å². The Morgan fingerprint density at radius 2 is 1.52 bits per heavy atom. The molecule has 0 aliphatic carbocycles. The molecule has 3 aliphatic rings. The van der Waals surface area contributed by atoms with E-state index in [9.17, 15) is 9.59 Å². The predicted molar refractivity (Wildman–Crippen MR) is 100.0 cm³/mol. The summed E-state index contributed by atoms with van der Waals surface area (Å²) in [5.41, 5.74) is 1.70. The number of fused-ring (bicyclic) bond motifs is 3. The zero-order chi connectivity index (χ0) is 18.5. The molecule has 6 heteroatoms. The number of rotatable bonds is 3. The maximum atomic E-state index is 13.4. The summed E-state index contributed by atoms with van der Waals surface area (Å²) in [6.07, 6.45) is 1.00. The lowest BCUT2D eigenvalue weighted by atomic mass is 9.90. The zero-order valence-electron chi connectivity index (χ0n) is 15.1. The molecule has 27 heavy (non-hydrogen) atoms. The largest absolute Gasteiger partial charge is 0.497 e. The predicted octanol–water partition coefficient (Wildman–Crippen LogP) is 2.23. The molecule has 0 aromatic heterocycles. The van der Waals surface area contributed by atoms with Gasteiger partial charge >= 0.3 is 0 Å². The number of methoxy groups -OCH3 is 1. The Balaban J connectivity index is 1.57. The summed E-state index contributed by atoms with van der Waals surface area (Å²) in [7, 11) is 1.64. The highest BCUT2D eigenvalue weighted by molar-refractivity contribution is 6.24. The molecule has 2 aromatic rings. The SMILES string of the molecule is COc1ccc([C@H]2[C@H]3C(=O)N(c4ccccc4)C(=O)[C@@H]3N3CCCN23)cc1. The number of amides is 2. The topological polar surface area (TPSA) is 53.1 Å². The van der Waals surface area contributed by atoms with Crippen molar-refractivity contribution >= 4 is 17.5 Å². The lowest BCUT2D eigenvalue weighted by Crippen LogP contribution is -2.44. The molecular formula is C21H21N3O3. The van der Waals surface area contributed by atoms with Crippen LogP contribution < -0.4 is 9.64 Å². The highest BCUT2D eigenvalue weighted by Gasteiger charge is 2.62. The smallest absolute Gasteiger partial charge is 0.253 e. The number of nitrogens with zero attached hydrogens (tertiary/aromatic N) is 3. The lowest BCUT2D eigenvalue weighted by Gasteiger charge is -2.29. The summed E-state index contributed by atoms with van der Waals surface area (Å²) in [6.45, 7) is 1.69. The number of imide groups is 1. The molecule has 0 N–H and O–H groups in total. The molecule has 0 spiro atoms. The molecule has 3 atom stereocenters. The minimum atomic E-state index is -0.410. The van der Waals surface area contributed by atoms with Gasteiger partial charge in [0.25, 0.3) is 5.91 Å². The second-order valence-corrected chi connectivity index (χ2v) is 7.22. The first kappa shape index (κ1) is 16.5. The first-order chi connectivity index (χ1) is 13.2. The molecule has 3 saturated heterocycles. The van der Waals surface area contributed by atoms with Crippen LogP contribution in [0.5, 0.6) is 5.75 Å². The molecule has 0 bridgehead atoms. The fraction of sp³-hybridized carbons (Fsp3) is 0.333. The van der Waals surface area contributed by atoms with Gasteiger partial charge in [-0.1, -0.05) is 30.3 Å². The number of anilines is 1. The van der Waals surface area contributed by atoms with E-state index in [0.29, 0.717) is 5.69 Å². The molecule has 5 rings (SSSR count). The molecule has 3 fully saturated rings. The summed E-state index contributed by atoms with van der Waals surface area (Å²) in [5, 5.41) is 4.33. The second kappa shape index (κ2) is 6.18. The van der Waals surface area contributed by atoms with Gasteiger partial charge in [-0.05, 0) is 36.2 Å². The van der Waals surface area contributed by atoms with Gasteiger partial charge < -0.3 is 4.74 Å². The van der Waals surface area contributed by atoms with Gasteiger partial charge in [-0.2, -0.15) is 0 Å². The van der Waals surface area contributed by atoms with E-state index in [1.807, 2.05) is 54.6 Å². The molecule has 3 heterocycles. The molecule has 0 unspecified atom stereocenters. The van der Waals surface area contributed by atoms with Crippen LogP contribution in [0.3, 0.4) is 0 Å². The minimum Gasteiger partial charge on any atom is -0.497 e. The number of hydrogen-bond acceptors (Lipinski definition) is 5. The van der Waals surface area contributed by atoms with E-state index in [0.717, 1.165) is 30.8 Å². The molecule has 138 valence electrons. The summed E-state index contributed by atoms with van der Waals surface area (Å²) in [4.78, 5) is 28.0. The summed E-state index contributed by atoms with van der Waals surface area (Å²) in [6, 6.07) is 16.6. The average molecular weight is 363 g/mol. The number of hydrazine groups is 1. The lowest BCUT2D eigenvalue weighted by molar-refractivity contribution is -0.126. The van der Waals surface area contributed by atoms with Crippen molar-refractivity contribution in [2.24, 2.45) is 5.92 Å². The van der Waals surface area contributed by atoms with Crippen LogP contribution in [0.15, 0.2) is 54.6 Å². The van der Waals surface area contributed by atoms with Crippen molar-refractivity contribution < 1.29 is 14.3 Å². The number of para-hydroxylation sites is 1. The second-order valence-electron chi connectivity index (χ2n) is 7.22. The van der Waals surface area contributed by atoms with E-state index in [2.05, 4.69) is 10.0 Å². The van der Waals surface area contributed by atoms with Crippen LogP contribution in [0.25, 0.3) is 0 Å². The molecule has 3 aliphatic heterocycles. The fourth-order valence-corrected chi connectivity index (χ4v) is 4.75. The van der Waals surface area contributed by atoms with Crippen LogP contribution in [-0.2, 0) is 9.59 Å². The maximum Gasteiger partial charge on any atom is 0.253 e. The Labute approximate surface area is 157 Å². The Morgan fingerprint density at radius 3 is 2.19 bits per heavy atom. The van der Waals surface area contributed by atoms with Crippen LogP contribution >= 0.6 is 0 Å². The van der Waals surface area contributed by atoms with E-state index in [-0.39, 0.29) is 23.8 Å². The standard InChI is InChI=1S/C21H21N3O3/c1-27-16-10-8-14(9-11-16)18-17-19(23-13-5-12-22(18)23)21(26)24(20(17)25)15-6-3-2-4-7-15/h2-4,6-11,17-19H,5,12-13H2,1H3/t17-,18+,19-/m1/s1. The van der Waals surface area contributed by atoms with Crippen molar-refractivity contribution in [3.63, 3.8) is 0 Å². The number of carbonyl (C=O) groups excluding carboxylic acids is 2. The minimum absolute atomic E-state index is 0.105. The molecule has 0 saturated carbocycles. The van der Waals surface area contributed by atoms with Gasteiger partial charge in [0.15, 0.2) is 0 Å². The normalized spacial score (nSPS) is 27.9. The van der Waals surface area contributed by atoms with Crippen molar-refractivity contribution in [1.29, 1.82) is 0 Å². The van der Waals surface area contributed by atoms with Crippen molar-refractivity contribution in [1.82, 2.24) is 10.0 Å². The van der Waals surface area contributed by atoms with E-state index in [1.165, 1.54) is 4.90 Å². The quantitative estimate of drug-likeness (QED) is 0.783. The van der Waals surface area contributed by atoms with E-state index in [4.69, 9.17) is 4.74 Å². The fourth-order valence-electron chi connectivity index (χ4n) is 4.75. The Hall–Kier alpha value is -2.70. The molecule has 2 amide bonds. The van der Waals surface area contributed by atoms with Crippen molar-refractivity contribution in [2.75, 3.05) is 25.1 Å². The number of carbonyl (C=O) groups is 2. The molecule has 6 nitrogen and oxygen atoms in total. The van der Waals surface area contributed by atoms with Crippen molar-refractivity contribution in [2.45, 2.75) is 18.5 Å². The number of benzene rings is 2. The van der Waals surface area contributed by atoms with Crippen LogP contribution in [0.1, 0.15) is 18.0 Å². The van der Waals surface area contributed by atoms with Crippen LogP contribution in [0.2, 0.25) is 0 Å². The number of ether oxygens (including phenoxy) is 1. The summed E-state index contributed by atoms with van der Waals surface area (Å²) < 4.78 is 5.26. The Kier molecular flexibility index (Phi) is 3.77. The van der Waals surface area contributed by atoms with Crippen LogP contribution in [0.4, 0.5) is 5.69 Å². The van der Waals surface area contributed by atoms with Gasteiger partial charge in [-0.3, -0.25) is 9.59 Å². The Morgan fingerprint density at radius 1 is 0.852 bits per heavy atom. The van der Waals surface area contributed by atoms with Crippen molar-refractivity contribution in [3.05, 3.63) is 60.2 Å². The van der Waals surface area contributed by atoms with E-state index >= 15 is 0 Å². The van der Waals surface area contributed by atoms with Gasteiger partial charge in [-0.15, -0.1) is 0 Å². The van der Waals surface area contributed by atoms with E-state index in [1.54, 1.807) is 7.11 Å². The highest BCUT2D eigenvalue weighted by atomic mass is 16.5. The first-order valence-corrected chi connectivity index (χ1v) is 9.31. The third-order valence-electron chi connectivity index (χ3n) is 5.88. The summed E-state index contributed by atoms with van der Waals surface area (Å²) in [5.74, 6) is 0.184.